The first-order chi connectivity index (χ1) is 5.39. The van der Waals surface area contributed by atoms with Crippen LogP contribution in [0.2, 0.25) is 0 Å². The average molecular weight is 193 g/mol. The van der Waals surface area contributed by atoms with Crippen LogP contribution in [0.15, 0.2) is 11.5 Å². The lowest BCUT2D eigenvalue weighted by atomic mass is 10.1. The monoisotopic (exact) mass is 193 g/mol. The predicted octanol–water partition coefficient (Wildman–Crippen LogP) is 0.460. The lowest BCUT2D eigenvalue weighted by Gasteiger charge is -2.09. The van der Waals surface area contributed by atoms with E-state index in [-0.39, 0.29) is 12.0 Å². The van der Waals surface area contributed by atoms with Gasteiger partial charge in [0.25, 0.3) is 10.1 Å². The van der Waals surface area contributed by atoms with Crippen LogP contribution >= 0.6 is 0 Å². The van der Waals surface area contributed by atoms with Gasteiger partial charge in [-0.2, -0.15) is 8.42 Å². The molecule has 0 fully saturated rings. The minimum Gasteiger partial charge on any atom is -0.324 e. The van der Waals surface area contributed by atoms with E-state index in [0.717, 1.165) is 12.5 Å². The average Bonchev–Trinajstić information content (AvgIpc) is 2.00. The maximum Gasteiger partial charge on any atom is 0.289 e. The minimum absolute atomic E-state index is 0.216. The third-order valence-electron chi connectivity index (χ3n) is 1.47. The van der Waals surface area contributed by atoms with Gasteiger partial charge in [-0.15, -0.1) is 0 Å². The van der Waals surface area contributed by atoms with Crippen molar-refractivity contribution < 1.29 is 12.6 Å². The highest BCUT2D eigenvalue weighted by atomic mass is 32.2. The Hall–Kier alpha value is -0.390. The van der Waals surface area contributed by atoms with E-state index in [2.05, 4.69) is 4.18 Å². The highest BCUT2D eigenvalue weighted by Gasteiger charge is 2.06. The molecule has 12 heavy (non-hydrogen) atoms. The summed E-state index contributed by atoms with van der Waals surface area (Å²) in [6.07, 6.45) is 1.42. The second kappa shape index (κ2) is 4.59. The summed E-state index contributed by atoms with van der Waals surface area (Å²) in [4.78, 5) is 0. The van der Waals surface area contributed by atoms with Crippen molar-refractivity contribution in [1.29, 1.82) is 0 Å². The Kier molecular flexibility index (Phi) is 4.44. The summed E-state index contributed by atoms with van der Waals surface area (Å²) in [5.41, 5.74) is 5.57. The van der Waals surface area contributed by atoms with Crippen molar-refractivity contribution in [3.05, 3.63) is 11.5 Å². The minimum atomic E-state index is -3.51. The van der Waals surface area contributed by atoms with E-state index in [9.17, 15) is 8.42 Å². The maximum absolute atomic E-state index is 10.8. The van der Waals surface area contributed by atoms with Crippen LogP contribution in [0, 0.1) is 5.92 Å². The van der Waals surface area contributed by atoms with Crippen LogP contribution in [0.3, 0.4) is 0 Å². The molecule has 0 aliphatic carbocycles. The standard InChI is InChI=1S/C7H15NO3S/c1-6(2)7(8)4-5-12(9,10)11-3/h4-7H,8H2,1-3H3/b5-4+/t7-/m1/s1. The summed E-state index contributed by atoms with van der Waals surface area (Å²) in [5.74, 6) is 0.216. The van der Waals surface area contributed by atoms with E-state index in [4.69, 9.17) is 5.73 Å². The maximum atomic E-state index is 10.8. The van der Waals surface area contributed by atoms with E-state index >= 15 is 0 Å². The Morgan fingerprint density at radius 3 is 2.25 bits per heavy atom. The van der Waals surface area contributed by atoms with E-state index in [1.807, 2.05) is 13.8 Å². The zero-order chi connectivity index (χ0) is 9.78. The van der Waals surface area contributed by atoms with E-state index in [1.54, 1.807) is 0 Å². The summed E-state index contributed by atoms with van der Waals surface area (Å²) < 4.78 is 25.7. The summed E-state index contributed by atoms with van der Waals surface area (Å²) in [6, 6.07) is -0.255. The molecule has 0 heterocycles. The van der Waals surface area contributed by atoms with Gasteiger partial charge in [0.05, 0.1) is 12.5 Å². The molecule has 0 unspecified atom stereocenters. The van der Waals surface area contributed by atoms with Crippen molar-refractivity contribution in [2.24, 2.45) is 11.7 Å². The molecular weight excluding hydrogens is 178 g/mol. The molecule has 0 radical (unpaired) electrons. The number of nitrogens with two attached hydrogens (primary N) is 1. The normalized spacial score (nSPS) is 15.8. The topological polar surface area (TPSA) is 69.4 Å². The first-order valence-corrected chi connectivity index (χ1v) is 5.10. The largest absolute Gasteiger partial charge is 0.324 e. The molecule has 0 aliphatic rings. The molecular formula is C7H15NO3S. The smallest absolute Gasteiger partial charge is 0.289 e. The predicted molar refractivity (Wildman–Crippen MR) is 47.9 cm³/mol. The van der Waals surface area contributed by atoms with Gasteiger partial charge in [0.15, 0.2) is 0 Å². The first kappa shape index (κ1) is 11.6. The van der Waals surface area contributed by atoms with Gasteiger partial charge in [0.1, 0.15) is 0 Å². The van der Waals surface area contributed by atoms with Crippen LogP contribution in [0.1, 0.15) is 13.8 Å². The summed E-state index contributed by atoms with van der Waals surface area (Å²) in [7, 11) is -2.40. The second-order valence-corrected chi connectivity index (χ2v) is 4.40. The highest BCUT2D eigenvalue weighted by molar-refractivity contribution is 7.89. The lowest BCUT2D eigenvalue weighted by Crippen LogP contribution is -2.23. The summed E-state index contributed by atoms with van der Waals surface area (Å²) in [5, 5.41) is 0.984. The third kappa shape index (κ3) is 4.48. The molecule has 0 aromatic rings. The SMILES string of the molecule is COS(=O)(=O)/C=C/[C@@H](N)C(C)C. The third-order valence-corrected chi connectivity index (χ3v) is 2.42. The Morgan fingerprint density at radius 1 is 1.42 bits per heavy atom. The molecule has 5 heteroatoms. The van der Waals surface area contributed by atoms with Gasteiger partial charge in [-0.3, -0.25) is 4.18 Å². The lowest BCUT2D eigenvalue weighted by molar-refractivity contribution is 0.406. The zero-order valence-corrected chi connectivity index (χ0v) is 8.34. The fraction of sp³-hybridized carbons (Fsp3) is 0.714. The van der Waals surface area contributed by atoms with Crippen molar-refractivity contribution in [3.63, 3.8) is 0 Å². The molecule has 0 rings (SSSR count). The zero-order valence-electron chi connectivity index (χ0n) is 7.52. The molecule has 0 bridgehead atoms. The molecule has 0 saturated carbocycles. The quantitative estimate of drug-likeness (QED) is 0.658. The van der Waals surface area contributed by atoms with Crippen molar-refractivity contribution in [1.82, 2.24) is 0 Å². The molecule has 0 amide bonds. The molecule has 0 saturated heterocycles. The summed E-state index contributed by atoms with van der Waals surface area (Å²) >= 11 is 0. The van der Waals surface area contributed by atoms with Crippen LogP contribution < -0.4 is 5.73 Å². The van der Waals surface area contributed by atoms with Gasteiger partial charge >= 0.3 is 0 Å². The van der Waals surface area contributed by atoms with Gasteiger partial charge in [0, 0.05) is 6.04 Å². The van der Waals surface area contributed by atoms with Crippen molar-refractivity contribution >= 4 is 10.1 Å². The molecule has 2 N–H and O–H groups in total. The molecule has 0 aliphatic heterocycles. The molecule has 1 atom stereocenters. The number of hydrogen-bond donors (Lipinski definition) is 1. The van der Waals surface area contributed by atoms with Crippen LogP contribution in [0.25, 0.3) is 0 Å². The van der Waals surface area contributed by atoms with E-state index in [0.29, 0.717) is 0 Å². The van der Waals surface area contributed by atoms with Gasteiger partial charge in [-0.05, 0) is 5.92 Å². The van der Waals surface area contributed by atoms with Crippen molar-refractivity contribution in [2.75, 3.05) is 7.11 Å². The molecule has 0 aromatic heterocycles. The van der Waals surface area contributed by atoms with E-state index in [1.165, 1.54) is 6.08 Å². The van der Waals surface area contributed by atoms with Crippen molar-refractivity contribution in [3.8, 4) is 0 Å². The highest BCUT2D eigenvalue weighted by Crippen LogP contribution is 2.01. The number of hydrogen-bond acceptors (Lipinski definition) is 4. The fourth-order valence-corrected chi connectivity index (χ4v) is 0.950. The Morgan fingerprint density at radius 2 is 1.92 bits per heavy atom. The Balaban J connectivity index is 4.26. The van der Waals surface area contributed by atoms with Crippen LogP contribution in [0.5, 0.6) is 0 Å². The fourth-order valence-electron chi connectivity index (χ4n) is 0.465. The van der Waals surface area contributed by atoms with Crippen LogP contribution in [-0.4, -0.2) is 21.6 Å². The molecule has 0 spiro atoms. The Labute approximate surface area is 73.5 Å². The second-order valence-electron chi connectivity index (χ2n) is 2.81. The van der Waals surface area contributed by atoms with Crippen LogP contribution in [-0.2, 0) is 14.3 Å². The van der Waals surface area contributed by atoms with Gasteiger partial charge in [0.2, 0.25) is 0 Å². The van der Waals surface area contributed by atoms with Crippen molar-refractivity contribution in [2.45, 2.75) is 19.9 Å². The van der Waals surface area contributed by atoms with E-state index < -0.39 is 10.1 Å². The molecule has 72 valence electrons. The van der Waals surface area contributed by atoms with Gasteiger partial charge in [-0.25, -0.2) is 0 Å². The molecule has 0 aromatic carbocycles. The Bertz CT molecular complexity index is 243. The van der Waals surface area contributed by atoms with Crippen LogP contribution in [0.4, 0.5) is 0 Å². The van der Waals surface area contributed by atoms with Gasteiger partial charge in [-0.1, -0.05) is 19.9 Å². The molecule has 4 nitrogen and oxygen atoms in total. The van der Waals surface area contributed by atoms with Gasteiger partial charge < -0.3 is 5.73 Å². The number of rotatable bonds is 4. The first-order valence-electron chi connectivity index (χ1n) is 3.63. The summed E-state index contributed by atoms with van der Waals surface area (Å²) in [6.45, 7) is 3.82.